The molecule has 21 heavy (non-hydrogen) atoms. The van der Waals surface area contributed by atoms with Gasteiger partial charge in [-0.05, 0) is 45.0 Å². The molecular formula is C17H22N2O2. The van der Waals surface area contributed by atoms with Crippen LogP contribution >= 0.6 is 0 Å². The van der Waals surface area contributed by atoms with Gasteiger partial charge in [-0.1, -0.05) is 18.2 Å². The molecule has 1 aromatic heterocycles. The number of rotatable bonds is 4. The molecule has 0 fully saturated rings. The highest BCUT2D eigenvalue weighted by molar-refractivity contribution is 5.86. The number of fused-ring (bicyclic) bond motifs is 3. The molecule has 4 nitrogen and oxygen atoms in total. The zero-order valence-corrected chi connectivity index (χ0v) is 12.7. The number of nitrogens with zero attached hydrogens (tertiary/aromatic N) is 2. The van der Waals surface area contributed by atoms with Crippen molar-refractivity contribution in [1.82, 2.24) is 9.47 Å². The Bertz CT molecular complexity index is 673. The summed E-state index contributed by atoms with van der Waals surface area (Å²) in [6.45, 7) is 0.567. The van der Waals surface area contributed by atoms with Crippen molar-refractivity contribution >= 4 is 16.9 Å². The van der Waals surface area contributed by atoms with Crippen molar-refractivity contribution in [2.45, 2.75) is 38.3 Å². The van der Waals surface area contributed by atoms with E-state index >= 15 is 0 Å². The third kappa shape index (κ3) is 2.56. The number of benzene rings is 1. The van der Waals surface area contributed by atoms with E-state index in [1.165, 1.54) is 22.2 Å². The Kier molecular flexibility index (Phi) is 3.72. The highest BCUT2D eigenvalue weighted by Crippen LogP contribution is 2.33. The summed E-state index contributed by atoms with van der Waals surface area (Å²) < 4.78 is 2.23. The quantitative estimate of drug-likeness (QED) is 0.939. The van der Waals surface area contributed by atoms with Crippen LogP contribution in [0.25, 0.3) is 10.9 Å². The minimum Gasteiger partial charge on any atom is -0.481 e. The number of carboxylic acids is 1. The number of carboxylic acid groups (broad SMARTS) is 1. The van der Waals surface area contributed by atoms with Crippen molar-refractivity contribution in [3.63, 3.8) is 0 Å². The van der Waals surface area contributed by atoms with Gasteiger partial charge in [0.1, 0.15) is 0 Å². The maximum atomic E-state index is 10.9. The van der Waals surface area contributed by atoms with Gasteiger partial charge in [0.25, 0.3) is 0 Å². The smallest absolute Gasteiger partial charge is 0.305 e. The number of aromatic nitrogens is 1. The van der Waals surface area contributed by atoms with Crippen LogP contribution in [-0.2, 0) is 24.2 Å². The van der Waals surface area contributed by atoms with Gasteiger partial charge < -0.3 is 14.6 Å². The van der Waals surface area contributed by atoms with Crippen molar-refractivity contribution < 1.29 is 9.90 Å². The first-order chi connectivity index (χ1) is 10.1. The Hall–Kier alpha value is -1.81. The number of carbonyl (C=O) groups is 1. The molecule has 0 spiro atoms. The summed E-state index contributed by atoms with van der Waals surface area (Å²) in [6, 6.07) is 8.97. The number of hydrogen-bond donors (Lipinski definition) is 1. The van der Waals surface area contributed by atoms with E-state index in [2.05, 4.69) is 41.8 Å². The van der Waals surface area contributed by atoms with Crippen LogP contribution in [0.4, 0.5) is 0 Å². The number of aliphatic carboxylic acids is 1. The van der Waals surface area contributed by atoms with E-state index in [4.69, 9.17) is 5.11 Å². The van der Waals surface area contributed by atoms with E-state index in [0.717, 1.165) is 19.3 Å². The van der Waals surface area contributed by atoms with E-state index in [1.54, 1.807) is 0 Å². The second-order valence-corrected chi connectivity index (χ2v) is 6.10. The highest BCUT2D eigenvalue weighted by Gasteiger charge is 2.26. The Morgan fingerprint density at radius 1 is 1.38 bits per heavy atom. The molecule has 0 saturated carbocycles. The Balaban J connectivity index is 2.06. The van der Waals surface area contributed by atoms with Crippen LogP contribution in [0.2, 0.25) is 0 Å². The van der Waals surface area contributed by atoms with Crippen molar-refractivity contribution in [2.75, 3.05) is 14.1 Å². The van der Waals surface area contributed by atoms with E-state index in [1.807, 2.05) is 6.07 Å². The molecule has 1 unspecified atom stereocenters. The molecule has 112 valence electrons. The summed E-state index contributed by atoms with van der Waals surface area (Å²) in [5.74, 6) is -0.733. The SMILES string of the molecule is CN(C)C1CCc2c(c3ccccc3n2CCC(=O)O)C1. The van der Waals surface area contributed by atoms with Gasteiger partial charge in [0.05, 0.1) is 6.42 Å². The van der Waals surface area contributed by atoms with Gasteiger partial charge in [-0.15, -0.1) is 0 Å². The average molecular weight is 286 g/mol. The predicted octanol–water partition coefficient (Wildman–Crippen LogP) is 2.53. The summed E-state index contributed by atoms with van der Waals surface area (Å²) in [7, 11) is 4.28. The van der Waals surface area contributed by atoms with E-state index in [-0.39, 0.29) is 6.42 Å². The van der Waals surface area contributed by atoms with Gasteiger partial charge in [-0.2, -0.15) is 0 Å². The molecule has 0 bridgehead atoms. The summed E-state index contributed by atoms with van der Waals surface area (Å²) in [5.41, 5.74) is 3.94. The number of para-hydroxylation sites is 1. The third-order valence-corrected chi connectivity index (χ3v) is 4.63. The molecule has 1 aromatic carbocycles. The lowest BCUT2D eigenvalue weighted by atomic mass is 9.91. The molecule has 2 aromatic rings. The Morgan fingerprint density at radius 3 is 2.86 bits per heavy atom. The molecule has 3 rings (SSSR count). The molecule has 1 aliphatic rings. The summed E-state index contributed by atoms with van der Waals surface area (Å²) >= 11 is 0. The third-order valence-electron chi connectivity index (χ3n) is 4.63. The van der Waals surface area contributed by atoms with Gasteiger partial charge >= 0.3 is 5.97 Å². The molecule has 4 heteroatoms. The molecule has 0 amide bonds. The lowest BCUT2D eigenvalue weighted by Crippen LogP contribution is -2.33. The minimum atomic E-state index is -0.733. The van der Waals surface area contributed by atoms with Crippen LogP contribution in [0.5, 0.6) is 0 Å². The number of likely N-dealkylation sites (N-methyl/N-ethyl adjacent to an activating group) is 1. The maximum absolute atomic E-state index is 10.9. The lowest BCUT2D eigenvalue weighted by molar-refractivity contribution is -0.137. The van der Waals surface area contributed by atoms with Gasteiger partial charge in [0.15, 0.2) is 0 Å². The van der Waals surface area contributed by atoms with Crippen molar-refractivity contribution in [2.24, 2.45) is 0 Å². The Morgan fingerprint density at radius 2 is 2.14 bits per heavy atom. The Labute approximate surface area is 125 Å². The topological polar surface area (TPSA) is 45.5 Å². The maximum Gasteiger partial charge on any atom is 0.305 e. The van der Waals surface area contributed by atoms with Crippen LogP contribution in [-0.4, -0.2) is 40.7 Å². The normalized spacial score (nSPS) is 18.1. The van der Waals surface area contributed by atoms with E-state index in [0.29, 0.717) is 12.6 Å². The van der Waals surface area contributed by atoms with Crippen LogP contribution in [0.15, 0.2) is 24.3 Å². The first-order valence-corrected chi connectivity index (χ1v) is 7.55. The fourth-order valence-corrected chi connectivity index (χ4v) is 3.49. The standard InChI is InChI=1S/C17H22N2O2/c1-18(2)12-7-8-16-14(11-12)13-5-3-4-6-15(13)19(16)10-9-17(20)21/h3-6,12H,7-11H2,1-2H3,(H,20,21). The largest absolute Gasteiger partial charge is 0.481 e. The molecule has 0 saturated heterocycles. The summed E-state index contributed by atoms with van der Waals surface area (Å²) in [5, 5.41) is 10.3. The first-order valence-electron chi connectivity index (χ1n) is 7.55. The molecule has 1 N–H and O–H groups in total. The van der Waals surface area contributed by atoms with Crippen molar-refractivity contribution in [1.29, 1.82) is 0 Å². The van der Waals surface area contributed by atoms with Gasteiger partial charge in [-0.25, -0.2) is 0 Å². The molecule has 0 radical (unpaired) electrons. The first kappa shape index (κ1) is 14.1. The summed E-state index contributed by atoms with van der Waals surface area (Å²) in [4.78, 5) is 13.2. The van der Waals surface area contributed by atoms with Crippen LogP contribution in [0, 0.1) is 0 Å². The fourth-order valence-electron chi connectivity index (χ4n) is 3.49. The zero-order valence-electron chi connectivity index (χ0n) is 12.7. The second-order valence-electron chi connectivity index (χ2n) is 6.10. The monoisotopic (exact) mass is 286 g/mol. The molecule has 0 aliphatic heterocycles. The van der Waals surface area contributed by atoms with Crippen LogP contribution in [0.1, 0.15) is 24.1 Å². The molecular weight excluding hydrogens is 264 g/mol. The molecule has 1 aliphatic carbocycles. The van der Waals surface area contributed by atoms with Crippen LogP contribution < -0.4 is 0 Å². The van der Waals surface area contributed by atoms with Crippen LogP contribution in [0.3, 0.4) is 0 Å². The predicted molar refractivity (Wildman–Crippen MR) is 83.7 cm³/mol. The molecule has 1 heterocycles. The summed E-state index contributed by atoms with van der Waals surface area (Å²) in [6.07, 6.45) is 3.42. The van der Waals surface area contributed by atoms with Gasteiger partial charge in [0, 0.05) is 29.2 Å². The van der Waals surface area contributed by atoms with Crippen molar-refractivity contribution in [3.8, 4) is 0 Å². The van der Waals surface area contributed by atoms with Gasteiger partial charge in [0.2, 0.25) is 0 Å². The van der Waals surface area contributed by atoms with E-state index < -0.39 is 5.97 Å². The lowest BCUT2D eigenvalue weighted by Gasteiger charge is -2.29. The van der Waals surface area contributed by atoms with Gasteiger partial charge in [-0.3, -0.25) is 4.79 Å². The second kappa shape index (κ2) is 5.53. The number of hydrogen-bond acceptors (Lipinski definition) is 2. The number of aryl methyl sites for hydroxylation is 1. The van der Waals surface area contributed by atoms with Crippen molar-refractivity contribution in [3.05, 3.63) is 35.5 Å². The highest BCUT2D eigenvalue weighted by atomic mass is 16.4. The minimum absolute atomic E-state index is 0.183. The van der Waals surface area contributed by atoms with E-state index in [9.17, 15) is 4.79 Å². The zero-order chi connectivity index (χ0) is 15.0. The molecule has 1 atom stereocenters. The fraction of sp³-hybridized carbons (Fsp3) is 0.471. The average Bonchev–Trinajstić information content (AvgIpc) is 2.78.